The Hall–Kier alpha value is -2.60. The lowest BCUT2D eigenvalue weighted by Gasteiger charge is -2.12. The van der Waals surface area contributed by atoms with Gasteiger partial charge in [0.1, 0.15) is 16.9 Å². The van der Waals surface area contributed by atoms with Crippen LogP contribution in [0.15, 0.2) is 35.4 Å². The average molecular weight is 383 g/mol. The fourth-order valence-electron chi connectivity index (χ4n) is 2.07. The van der Waals surface area contributed by atoms with E-state index in [1.165, 1.54) is 37.3 Å². The van der Waals surface area contributed by atoms with E-state index >= 15 is 0 Å². The summed E-state index contributed by atoms with van der Waals surface area (Å²) in [7, 11) is 0. The molecule has 0 radical (unpaired) electrons. The van der Waals surface area contributed by atoms with Gasteiger partial charge >= 0.3 is 6.18 Å². The molecule has 0 saturated carbocycles. The van der Waals surface area contributed by atoms with Crippen LogP contribution in [0.2, 0.25) is 0 Å². The summed E-state index contributed by atoms with van der Waals surface area (Å²) in [6.45, 7) is 1.54. The van der Waals surface area contributed by atoms with Crippen LogP contribution in [0.5, 0.6) is 0 Å². The molecule has 0 aliphatic heterocycles. The van der Waals surface area contributed by atoms with Gasteiger partial charge in [0.2, 0.25) is 5.91 Å². The number of rotatable bonds is 5. The highest BCUT2D eigenvalue weighted by Gasteiger charge is 2.35. The zero-order chi connectivity index (χ0) is 19.3. The molecule has 2 rings (SSSR count). The summed E-state index contributed by atoms with van der Waals surface area (Å²) in [5.74, 6) is -1.05. The molecule has 1 aromatic carbocycles. The number of carbonyl (C=O) groups excluding carboxylic acids is 1. The largest absolute Gasteiger partial charge is 0.417 e. The second kappa shape index (κ2) is 8.19. The number of carbonyl (C=O) groups is 1. The molecule has 1 aromatic heterocycles. The van der Waals surface area contributed by atoms with Gasteiger partial charge in [-0.2, -0.15) is 18.4 Å². The van der Waals surface area contributed by atoms with E-state index in [1.54, 1.807) is 0 Å². The number of halogens is 4. The topological polar surface area (TPSA) is 65.8 Å². The Morgan fingerprint density at radius 1 is 1.31 bits per heavy atom. The fraction of sp³-hybridized carbons (Fsp3) is 0.235. The maximum Gasteiger partial charge on any atom is 0.417 e. The van der Waals surface area contributed by atoms with Gasteiger partial charge < -0.3 is 5.32 Å². The fourth-order valence-corrected chi connectivity index (χ4v) is 2.95. The van der Waals surface area contributed by atoms with Crippen LogP contribution in [0.4, 0.5) is 17.6 Å². The first kappa shape index (κ1) is 19.7. The SMILES string of the molecule is Cc1cc(C(F)(F)F)c(C#N)c(SCC(=O)NCc2ccc(F)cc2)n1. The number of amides is 1. The third-order valence-electron chi connectivity index (χ3n) is 3.27. The van der Waals surface area contributed by atoms with Crippen molar-refractivity contribution < 1.29 is 22.4 Å². The van der Waals surface area contributed by atoms with Crippen molar-refractivity contribution >= 4 is 17.7 Å². The molecule has 0 aliphatic rings. The Balaban J connectivity index is 2.04. The van der Waals surface area contributed by atoms with Gasteiger partial charge in [-0.1, -0.05) is 23.9 Å². The van der Waals surface area contributed by atoms with Gasteiger partial charge in [0.25, 0.3) is 0 Å². The van der Waals surface area contributed by atoms with Crippen LogP contribution in [-0.2, 0) is 17.5 Å². The summed E-state index contributed by atoms with van der Waals surface area (Å²) < 4.78 is 51.9. The van der Waals surface area contributed by atoms with Crippen LogP contribution < -0.4 is 5.32 Å². The predicted molar refractivity (Wildman–Crippen MR) is 87.7 cm³/mol. The zero-order valence-corrected chi connectivity index (χ0v) is 14.3. The van der Waals surface area contributed by atoms with E-state index in [0.717, 1.165) is 17.8 Å². The van der Waals surface area contributed by atoms with E-state index in [1.807, 2.05) is 0 Å². The summed E-state index contributed by atoms with van der Waals surface area (Å²) in [6.07, 6.45) is -4.68. The van der Waals surface area contributed by atoms with Crippen molar-refractivity contribution in [3.05, 3.63) is 58.5 Å². The molecule has 0 bridgehead atoms. The Bertz CT molecular complexity index is 845. The molecule has 1 amide bonds. The van der Waals surface area contributed by atoms with Gasteiger partial charge in [0, 0.05) is 12.2 Å². The van der Waals surface area contributed by atoms with Crippen molar-refractivity contribution in [2.45, 2.75) is 24.7 Å². The Morgan fingerprint density at radius 2 is 1.96 bits per heavy atom. The van der Waals surface area contributed by atoms with Crippen molar-refractivity contribution in [1.29, 1.82) is 5.26 Å². The highest BCUT2D eigenvalue weighted by molar-refractivity contribution is 8.00. The lowest BCUT2D eigenvalue weighted by atomic mass is 10.1. The number of nitriles is 1. The van der Waals surface area contributed by atoms with Gasteiger partial charge in [0.05, 0.1) is 16.9 Å². The first-order valence-electron chi connectivity index (χ1n) is 7.33. The standard InChI is InChI=1S/C17H13F4N3OS/c1-10-6-14(17(19,20)21)13(7-22)16(24-10)26-9-15(25)23-8-11-2-4-12(18)5-3-11/h2-6H,8-9H2,1H3,(H,23,25). The number of nitrogens with zero attached hydrogens (tertiary/aromatic N) is 2. The number of benzene rings is 1. The molecule has 4 nitrogen and oxygen atoms in total. The van der Waals surface area contributed by atoms with Crippen molar-refractivity contribution in [3.63, 3.8) is 0 Å². The van der Waals surface area contributed by atoms with Crippen molar-refractivity contribution in [2.24, 2.45) is 0 Å². The van der Waals surface area contributed by atoms with Crippen molar-refractivity contribution in [3.8, 4) is 6.07 Å². The molecule has 0 unspecified atom stereocenters. The van der Waals surface area contributed by atoms with E-state index < -0.39 is 29.0 Å². The third kappa shape index (κ3) is 5.20. The molecule has 0 atom stereocenters. The van der Waals surface area contributed by atoms with Crippen molar-refractivity contribution in [2.75, 3.05) is 5.75 Å². The Morgan fingerprint density at radius 3 is 2.54 bits per heavy atom. The maximum atomic E-state index is 13.0. The van der Waals surface area contributed by atoms with Crippen molar-refractivity contribution in [1.82, 2.24) is 10.3 Å². The van der Waals surface area contributed by atoms with Gasteiger partial charge in [-0.25, -0.2) is 9.37 Å². The van der Waals surface area contributed by atoms with Crippen LogP contribution >= 0.6 is 11.8 Å². The number of hydrogen-bond acceptors (Lipinski definition) is 4. The monoisotopic (exact) mass is 383 g/mol. The van der Waals surface area contributed by atoms with E-state index in [4.69, 9.17) is 5.26 Å². The predicted octanol–water partition coefficient (Wildman–Crippen LogP) is 3.83. The quantitative estimate of drug-likeness (QED) is 0.630. The molecule has 1 N–H and O–H groups in total. The molecular weight excluding hydrogens is 370 g/mol. The van der Waals surface area contributed by atoms with E-state index in [-0.39, 0.29) is 23.0 Å². The summed E-state index contributed by atoms with van der Waals surface area (Å²) in [5.41, 5.74) is -0.887. The normalized spacial score (nSPS) is 11.1. The smallest absolute Gasteiger partial charge is 0.351 e. The maximum absolute atomic E-state index is 13.0. The van der Waals surface area contributed by atoms with Crippen LogP contribution in [0.1, 0.15) is 22.4 Å². The lowest BCUT2D eigenvalue weighted by molar-refractivity contribution is -0.138. The molecule has 2 aromatic rings. The summed E-state index contributed by atoms with van der Waals surface area (Å²) in [5, 5.41) is 11.5. The number of aryl methyl sites for hydroxylation is 1. The summed E-state index contributed by atoms with van der Waals surface area (Å²) >= 11 is 0.756. The summed E-state index contributed by atoms with van der Waals surface area (Å²) in [4.78, 5) is 15.8. The molecule has 0 aliphatic carbocycles. The third-order valence-corrected chi connectivity index (χ3v) is 4.25. The number of aromatic nitrogens is 1. The number of nitrogens with one attached hydrogen (secondary N) is 1. The minimum atomic E-state index is -4.68. The summed E-state index contributed by atoms with van der Waals surface area (Å²) in [6, 6.07) is 7.84. The number of pyridine rings is 1. The van der Waals surface area contributed by atoms with Crippen LogP contribution in [0.3, 0.4) is 0 Å². The number of hydrogen-bond donors (Lipinski definition) is 1. The molecular formula is C17H13F4N3OS. The molecule has 1 heterocycles. The first-order chi connectivity index (χ1) is 12.2. The second-order valence-electron chi connectivity index (χ2n) is 5.29. The Labute approximate surface area is 151 Å². The van der Waals surface area contributed by atoms with Gasteiger partial charge in [-0.3, -0.25) is 4.79 Å². The molecule has 9 heteroatoms. The van der Waals surface area contributed by atoms with Crippen LogP contribution in [0.25, 0.3) is 0 Å². The highest BCUT2D eigenvalue weighted by Crippen LogP contribution is 2.35. The molecule has 26 heavy (non-hydrogen) atoms. The van der Waals surface area contributed by atoms with E-state index in [0.29, 0.717) is 5.56 Å². The average Bonchev–Trinajstić information content (AvgIpc) is 2.58. The molecule has 136 valence electrons. The van der Waals surface area contributed by atoms with Gasteiger partial charge in [-0.15, -0.1) is 0 Å². The highest BCUT2D eigenvalue weighted by atomic mass is 32.2. The molecule has 0 spiro atoms. The minimum Gasteiger partial charge on any atom is -0.351 e. The van der Waals surface area contributed by atoms with Gasteiger partial charge in [0.15, 0.2) is 0 Å². The number of thioether (sulfide) groups is 1. The van der Waals surface area contributed by atoms with E-state index in [9.17, 15) is 22.4 Å². The van der Waals surface area contributed by atoms with Gasteiger partial charge in [-0.05, 0) is 30.7 Å². The lowest BCUT2D eigenvalue weighted by Crippen LogP contribution is -2.24. The van der Waals surface area contributed by atoms with E-state index in [2.05, 4.69) is 10.3 Å². The molecule has 0 fully saturated rings. The second-order valence-corrected chi connectivity index (χ2v) is 6.26. The number of alkyl halides is 3. The first-order valence-corrected chi connectivity index (χ1v) is 8.32. The van der Waals surface area contributed by atoms with Crippen LogP contribution in [-0.4, -0.2) is 16.6 Å². The molecule has 0 saturated heterocycles. The van der Waals surface area contributed by atoms with Crippen LogP contribution in [0, 0.1) is 24.1 Å². The Kier molecular flexibility index (Phi) is 6.21. The zero-order valence-electron chi connectivity index (χ0n) is 13.5. The minimum absolute atomic E-state index is 0.102.